The summed E-state index contributed by atoms with van der Waals surface area (Å²) in [4.78, 5) is 12.0. The third-order valence-electron chi connectivity index (χ3n) is 2.35. The number of hydrogen-bond donors (Lipinski definition) is 0. The highest BCUT2D eigenvalue weighted by atomic mass is 28.3. The number of rotatable bonds is 4. The van der Waals surface area contributed by atoms with E-state index in [1.807, 2.05) is 18.6 Å². The molecule has 0 saturated heterocycles. The summed E-state index contributed by atoms with van der Waals surface area (Å²) in [5.41, 5.74) is 0. The minimum absolute atomic E-state index is 0.202. The van der Waals surface area contributed by atoms with Crippen LogP contribution in [0.1, 0.15) is 6.92 Å². The molecular formula is C10H26N2O2Si2. The molecule has 0 aliphatic heterocycles. The SMILES string of the molecule is CCOC(=O)N(N(C)[Si](C)(C)C)[Si](C)(C)C. The van der Waals surface area contributed by atoms with Crippen LogP contribution in [0.25, 0.3) is 0 Å². The zero-order valence-corrected chi connectivity index (χ0v) is 13.9. The van der Waals surface area contributed by atoms with Crippen molar-refractivity contribution >= 4 is 22.6 Å². The van der Waals surface area contributed by atoms with Crippen molar-refractivity contribution in [2.45, 2.75) is 46.2 Å². The first-order chi connectivity index (χ1) is 7.01. The first-order valence-corrected chi connectivity index (χ1v) is 12.6. The topological polar surface area (TPSA) is 32.8 Å². The number of hydrazine groups is 1. The van der Waals surface area contributed by atoms with Crippen LogP contribution in [-0.4, -0.2) is 45.6 Å². The van der Waals surface area contributed by atoms with Gasteiger partial charge < -0.3 is 4.74 Å². The van der Waals surface area contributed by atoms with E-state index in [-0.39, 0.29) is 6.09 Å². The van der Waals surface area contributed by atoms with Gasteiger partial charge in [-0.15, -0.1) is 0 Å². The van der Waals surface area contributed by atoms with Gasteiger partial charge in [0.05, 0.1) is 6.61 Å². The fourth-order valence-corrected chi connectivity index (χ4v) is 5.32. The highest BCUT2D eigenvalue weighted by molar-refractivity contribution is 6.78. The summed E-state index contributed by atoms with van der Waals surface area (Å²) in [6.45, 7) is 15.4. The monoisotopic (exact) mass is 262 g/mol. The second kappa shape index (κ2) is 5.33. The van der Waals surface area contributed by atoms with Crippen LogP contribution in [0.3, 0.4) is 0 Å². The summed E-state index contributed by atoms with van der Waals surface area (Å²) in [5.74, 6) is 0. The van der Waals surface area contributed by atoms with Gasteiger partial charge in [-0.1, -0.05) is 39.3 Å². The van der Waals surface area contributed by atoms with Crippen LogP contribution in [0.4, 0.5) is 4.79 Å². The molecule has 4 nitrogen and oxygen atoms in total. The molecule has 0 saturated carbocycles. The molecule has 0 spiro atoms. The van der Waals surface area contributed by atoms with Crippen LogP contribution in [0, 0.1) is 0 Å². The molecule has 0 aromatic carbocycles. The lowest BCUT2D eigenvalue weighted by Gasteiger charge is -2.45. The highest BCUT2D eigenvalue weighted by Gasteiger charge is 2.38. The van der Waals surface area contributed by atoms with Gasteiger partial charge in [0.15, 0.2) is 8.24 Å². The van der Waals surface area contributed by atoms with Gasteiger partial charge in [-0.25, -0.2) is 4.79 Å². The molecule has 0 rings (SSSR count). The van der Waals surface area contributed by atoms with Gasteiger partial charge in [0.2, 0.25) is 0 Å². The molecule has 96 valence electrons. The van der Waals surface area contributed by atoms with Crippen LogP contribution < -0.4 is 0 Å². The van der Waals surface area contributed by atoms with E-state index in [1.165, 1.54) is 0 Å². The van der Waals surface area contributed by atoms with Gasteiger partial charge in [-0.3, -0.25) is 9.35 Å². The Kier molecular flexibility index (Phi) is 5.22. The summed E-state index contributed by atoms with van der Waals surface area (Å²) < 4.78 is 9.14. The van der Waals surface area contributed by atoms with Gasteiger partial charge in [0.25, 0.3) is 0 Å². The van der Waals surface area contributed by atoms with E-state index in [2.05, 4.69) is 44.0 Å². The molecular weight excluding hydrogens is 236 g/mol. The summed E-state index contributed by atoms with van der Waals surface area (Å²) in [5, 5.41) is 0. The van der Waals surface area contributed by atoms with E-state index in [4.69, 9.17) is 4.74 Å². The lowest BCUT2D eigenvalue weighted by molar-refractivity contribution is 0.0852. The van der Waals surface area contributed by atoms with E-state index in [0.29, 0.717) is 6.61 Å². The molecule has 0 radical (unpaired) electrons. The molecule has 0 aliphatic carbocycles. The summed E-state index contributed by atoms with van der Waals surface area (Å²) in [7, 11) is -1.27. The minimum Gasteiger partial charge on any atom is -0.449 e. The molecule has 0 fully saturated rings. The van der Waals surface area contributed by atoms with Crippen LogP contribution in [0.5, 0.6) is 0 Å². The molecule has 0 aromatic heterocycles. The van der Waals surface area contributed by atoms with Crippen molar-refractivity contribution in [3.8, 4) is 0 Å². The van der Waals surface area contributed by atoms with Crippen LogP contribution in [-0.2, 0) is 4.74 Å². The molecule has 0 bridgehead atoms. The molecule has 0 unspecified atom stereocenters. The predicted octanol–water partition coefficient (Wildman–Crippen LogP) is 2.96. The molecule has 0 atom stereocenters. The zero-order chi connectivity index (χ0) is 13.1. The van der Waals surface area contributed by atoms with Gasteiger partial charge in [-0.05, 0) is 14.0 Å². The van der Waals surface area contributed by atoms with Gasteiger partial charge in [0, 0.05) is 0 Å². The maximum atomic E-state index is 12.0. The van der Waals surface area contributed by atoms with Crippen molar-refractivity contribution < 1.29 is 9.53 Å². The Morgan fingerprint density at radius 2 is 1.50 bits per heavy atom. The fraction of sp³-hybridized carbons (Fsp3) is 0.900. The summed E-state index contributed by atoms with van der Waals surface area (Å²) in [6, 6.07) is 0. The zero-order valence-electron chi connectivity index (χ0n) is 11.9. The van der Waals surface area contributed by atoms with Crippen molar-refractivity contribution in [2.75, 3.05) is 13.7 Å². The third kappa shape index (κ3) is 4.27. The van der Waals surface area contributed by atoms with E-state index in [0.717, 1.165) is 0 Å². The second-order valence-electron chi connectivity index (χ2n) is 5.88. The third-order valence-corrected chi connectivity index (χ3v) is 6.44. The Morgan fingerprint density at radius 3 is 1.75 bits per heavy atom. The fourth-order valence-electron chi connectivity index (χ4n) is 1.33. The number of ether oxygens (including phenoxy) is 1. The highest BCUT2D eigenvalue weighted by Crippen LogP contribution is 2.19. The van der Waals surface area contributed by atoms with Crippen molar-refractivity contribution in [1.82, 2.24) is 9.35 Å². The van der Waals surface area contributed by atoms with Gasteiger partial charge in [0.1, 0.15) is 8.24 Å². The quantitative estimate of drug-likeness (QED) is 0.577. The summed E-state index contributed by atoms with van der Waals surface area (Å²) >= 11 is 0. The van der Waals surface area contributed by atoms with Crippen molar-refractivity contribution in [3.05, 3.63) is 0 Å². The molecule has 6 heteroatoms. The maximum Gasteiger partial charge on any atom is 0.415 e. The van der Waals surface area contributed by atoms with Crippen LogP contribution in [0.2, 0.25) is 39.3 Å². The standard InChI is InChI=1S/C10H26N2O2Si2/c1-9-14-10(13)12(16(6,7)8)11(2)15(3,4)5/h9H2,1-8H3. The average Bonchev–Trinajstić information content (AvgIpc) is 1.99. The number of nitrogens with zero attached hydrogens (tertiary/aromatic N) is 2. The number of carbonyl (C=O) groups is 1. The van der Waals surface area contributed by atoms with Crippen LogP contribution >= 0.6 is 0 Å². The lowest BCUT2D eigenvalue weighted by atomic mass is 10.9. The summed E-state index contributed by atoms with van der Waals surface area (Å²) in [6.07, 6.45) is -0.202. The normalized spacial score (nSPS) is 12.8. The minimum atomic E-state index is -1.74. The van der Waals surface area contributed by atoms with Crippen LogP contribution in [0.15, 0.2) is 0 Å². The number of hydrogen-bond acceptors (Lipinski definition) is 3. The van der Waals surface area contributed by atoms with E-state index in [1.54, 1.807) is 0 Å². The van der Waals surface area contributed by atoms with E-state index < -0.39 is 16.5 Å². The van der Waals surface area contributed by atoms with E-state index in [9.17, 15) is 4.79 Å². The van der Waals surface area contributed by atoms with Gasteiger partial charge in [-0.2, -0.15) is 0 Å². The second-order valence-corrected chi connectivity index (χ2v) is 15.6. The lowest BCUT2D eigenvalue weighted by Crippen LogP contribution is -2.64. The van der Waals surface area contributed by atoms with Crippen molar-refractivity contribution in [1.29, 1.82) is 0 Å². The average molecular weight is 263 g/mol. The predicted molar refractivity (Wildman–Crippen MR) is 73.3 cm³/mol. The Balaban J connectivity index is 5.04. The molecule has 0 heterocycles. The molecule has 0 aromatic rings. The molecule has 0 aliphatic rings. The van der Waals surface area contributed by atoms with Crippen molar-refractivity contribution in [3.63, 3.8) is 0 Å². The van der Waals surface area contributed by atoms with Gasteiger partial charge >= 0.3 is 6.09 Å². The Hall–Kier alpha value is -0.336. The Labute approximate surface area is 102 Å². The first-order valence-electron chi connectivity index (χ1n) is 5.72. The first kappa shape index (κ1) is 15.7. The Bertz CT molecular complexity index is 246. The van der Waals surface area contributed by atoms with Crippen molar-refractivity contribution in [2.24, 2.45) is 0 Å². The molecule has 1 amide bonds. The smallest absolute Gasteiger partial charge is 0.415 e. The van der Waals surface area contributed by atoms with E-state index >= 15 is 0 Å². The molecule has 0 N–H and O–H groups in total. The number of carbonyl (C=O) groups excluding carboxylic acids is 1. The largest absolute Gasteiger partial charge is 0.449 e. The maximum absolute atomic E-state index is 12.0. The number of amides is 1. The molecule has 16 heavy (non-hydrogen) atoms. The Morgan fingerprint density at radius 1 is 1.06 bits per heavy atom.